The maximum absolute atomic E-state index is 13.1. The Balaban J connectivity index is 1.94. The minimum Gasteiger partial charge on any atom is -0.326 e. The van der Waals surface area contributed by atoms with Crippen LogP contribution in [0.25, 0.3) is 0 Å². The van der Waals surface area contributed by atoms with E-state index in [9.17, 15) is 8.42 Å². The summed E-state index contributed by atoms with van der Waals surface area (Å²) in [4.78, 5) is 2.30. The number of sulfonamides is 1. The molecule has 1 saturated carbocycles. The largest absolute Gasteiger partial charge is 0.326 e. The Hall–Kier alpha value is -0.430. The fourth-order valence-corrected chi connectivity index (χ4v) is 7.12. The molecular weight excluding hydrogens is 304 g/mol. The molecule has 2 atom stereocenters. The molecule has 0 aromatic carbocycles. The fourth-order valence-electron chi connectivity index (χ4n) is 3.88. The molecule has 0 amide bonds. The molecule has 3 rings (SSSR count). The van der Waals surface area contributed by atoms with Gasteiger partial charge in [0, 0.05) is 28.9 Å². The van der Waals surface area contributed by atoms with Crippen molar-refractivity contribution in [3.63, 3.8) is 0 Å². The maximum atomic E-state index is 13.1. The molecule has 2 aliphatic rings. The zero-order chi connectivity index (χ0) is 15.0. The Labute approximate surface area is 131 Å². The van der Waals surface area contributed by atoms with Gasteiger partial charge in [-0.1, -0.05) is 12.8 Å². The van der Waals surface area contributed by atoms with Crippen molar-refractivity contribution in [1.82, 2.24) is 4.31 Å². The van der Waals surface area contributed by atoms with E-state index in [1.807, 2.05) is 6.92 Å². The Bertz CT molecular complexity index is 607. The Kier molecular flexibility index (Phi) is 4.41. The van der Waals surface area contributed by atoms with E-state index in [0.717, 1.165) is 29.0 Å². The van der Waals surface area contributed by atoms with Crippen LogP contribution in [0.2, 0.25) is 0 Å². The third kappa shape index (κ3) is 2.79. The van der Waals surface area contributed by atoms with Crippen LogP contribution in [-0.2, 0) is 16.6 Å². The molecule has 118 valence electrons. The molecule has 21 heavy (non-hydrogen) atoms. The van der Waals surface area contributed by atoms with Crippen LogP contribution in [0.3, 0.4) is 0 Å². The van der Waals surface area contributed by atoms with E-state index >= 15 is 0 Å². The van der Waals surface area contributed by atoms with Gasteiger partial charge in [0.1, 0.15) is 0 Å². The van der Waals surface area contributed by atoms with Gasteiger partial charge in [-0.25, -0.2) is 8.42 Å². The standard InChI is InChI=1S/C15H24N2O2S2/c1-11-15(9-13(10-16)20-11)21(18,19)17-8-4-6-12-5-2-3-7-14(12)17/h9,12,14H,2-8,10,16H2,1H3/t12-,14-/m1/s1. The van der Waals surface area contributed by atoms with Crippen molar-refractivity contribution in [2.75, 3.05) is 6.54 Å². The van der Waals surface area contributed by atoms with Crippen LogP contribution in [0.1, 0.15) is 48.3 Å². The van der Waals surface area contributed by atoms with E-state index in [2.05, 4.69) is 0 Å². The lowest BCUT2D eigenvalue weighted by molar-refractivity contribution is 0.129. The number of rotatable bonds is 3. The second kappa shape index (κ2) is 5.99. The molecule has 2 N–H and O–H groups in total. The highest BCUT2D eigenvalue weighted by molar-refractivity contribution is 7.89. The average molecular weight is 329 g/mol. The number of nitrogens with zero attached hydrogens (tertiary/aromatic N) is 1. The predicted molar refractivity (Wildman–Crippen MR) is 85.8 cm³/mol. The van der Waals surface area contributed by atoms with E-state index in [1.54, 1.807) is 10.4 Å². The summed E-state index contributed by atoms with van der Waals surface area (Å²) < 4.78 is 28.0. The number of thiophene rings is 1. The molecule has 2 fully saturated rings. The zero-order valence-electron chi connectivity index (χ0n) is 12.5. The minimum absolute atomic E-state index is 0.220. The van der Waals surface area contributed by atoms with Crippen molar-refractivity contribution in [3.8, 4) is 0 Å². The van der Waals surface area contributed by atoms with Gasteiger partial charge in [0.25, 0.3) is 0 Å². The molecule has 0 spiro atoms. The minimum atomic E-state index is -3.36. The van der Waals surface area contributed by atoms with Crippen molar-refractivity contribution < 1.29 is 8.42 Å². The summed E-state index contributed by atoms with van der Waals surface area (Å²) in [6.07, 6.45) is 6.80. The highest BCUT2D eigenvalue weighted by Gasteiger charge is 2.40. The van der Waals surface area contributed by atoms with Crippen LogP contribution < -0.4 is 5.73 Å². The highest BCUT2D eigenvalue weighted by Crippen LogP contribution is 2.39. The van der Waals surface area contributed by atoms with Gasteiger partial charge in [-0.3, -0.25) is 0 Å². The first-order chi connectivity index (χ1) is 10.0. The van der Waals surface area contributed by atoms with Crippen LogP contribution >= 0.6 is 11.3 Å². The maximum Gasteiger partial charge on any atom is 0.244 e. The van der Waals surface area contributed by atoms with E-state index in [-0.39, 0.29) is 6.04 Å². The Morgan fingerprint density at radius 1 is 1.29 bits per heavy atom. The smallest absolute Gasteiger partial charge is 0.244 e. The van der Waals surface area contributed by atoms with Crippen LogP contribution in [0.4, 0.5) is 0 Å². The van der Waals surface area contributed by atoms with Gasteiger partial charge in [-0.05, 0) is 44.6 Å². The van der Waals surface area contributed by atoms with E-state index < -0.39 is 10.0 Å². The normalized spacial score (nSPS) is 27.5. The first kappa shape index (κ1) is 15.5. The lowest BCUT2D eigenvalue weighted by Crippen LogP contribution is -2.49. The lowest BCUT2D eigenvalue weighted by Gasteiger charge is -2.43. The summed E-state index contributed by atoms with van der Waals surface area (Å²) in [5, 5.41) is 0. The molecular formula is C15H24N2O2S2. The fraction of sp³-hybridized carbons (Fsp3) is 0.733. The number of fused-ring (bicyclic) bond motifs is 1. The second-order valence-electron chi connectivity index (χ2n) is 6.21. The van der Waals surface area contributed by atoms with Crippen molar-refractivity contribution >= 4 is 21.4 Å². The summed E-state index contributed by atoms with van der Waals surface area (Å²) in [7, 11) is -3.36. The number of hydrogen-bond donors (Lipinski definition) is 1. The van der Waals surface area contributed by atoms with Crippen LogP contribution in [-0.4, -0.2) is 25.3 Å². The number of hydrogen-bond acceptors (Lipinski definition) is 4. The summed E-state index contributed by atoms with van der Waals surface area (Å²) in [5.74, 6) is 0.565. The third-order valence-corrected chi connectivity index (χ3v) is 8.16. The molecule has 0 radical (unpaired) electrons. The molecule has 6 heteroatoms. The molecule has 4 nitrogen and oxygen atoms in total. The lowest BCUT2D eigenvalue weighted by atomic mass is 9.79. The number of aryl methyl sites for hydroxylation is 1. The van der Waals surface area contributed by atoms with Gasteiger partial charge in [-0.15, -0.1) is 11.3 Å². The van der Waals surface area contributed by atoms with Gasteiger partial charge in [0.05, 0.1) is 4.90 Å². The van der Waals surface area contributed by atoms with E-state index in [0.29, 0.717) is 23.9 Å². The summed E-state index contributed by atoms with van der Waals surface area (Å²) in [6.45, 7) is 2.98. The monoisotopic (exact) mass is 328 g/mol. The van der Waals surface area contributed by atoms with Crippen molar-refractivity contribution in [3.05, 3.63) is 15.8 Å². The van der Waals surface area contributed by atoms with E-state index in [4.69, 9.17) is 5.73 Å². The highest BCUT2D eigenvalue weighted by atomic mass is 32.2. The SMILES string of the molecule is Cc1sc(CN)cc1S(=O)(=O)N1CCC[C@H]2CCCC[C@H]21. The second-order valence-corrected chi connectivity index (χ2v) is 9.41. The first-order valence-corrected chi connectivity index (χ1v) is 10.1. The molecule has 0 unspecified atom stereocenters. The van der Waals surface area contributed by atoms with Gasteiger partial charge in [0.15, 0.2) is 0 Å². The van der Waals surface area contributed by atoms with Gasteiger partial charge in [0.2, 0.25) is 10.0 Å². The quantitative estimate of drug-likeness (QED) is 0.928. The molecule has 1 aromatic heterocycles. The molecule has 1 aliphatic heterocycles. The van der Waals surface area contributed by atoms with Crippen molar-refractivity contribution in [1.29, 1.82) is 0 Å². The molecule has 2 heterocycles. The van der Waals surface area contributed by atoms with Crippen molar-refractivity contribution in [2.24, 2.45) is 11.7 Å². The van der Waals surface area contributed by atoms with Crippen LogP contribution in [0.15, 0.2) is 11.0 Å². The molecule has 1 saturated heterocycles. The van der Waals surface area contributed by atoms with Crippen molar-refractivity contribution in [2.45, 2.75) is 62.9 Å². The number of nitrogens with two attached hydrogens (primary N) is 1. The van der Waals surface area contributed by atoms with Crippen LogP contribution in [0, 0.1) is 12.8 Å². The molecule has 1 aromatic rings. The molecule has 0 bridgehead atoms. The summed E-state index contributed by atoms with van der Waals surface area (Å²) >= 11 is 1.50. The zero-order valence-corrected chi connectivity index (χ0v) is 14.2. The van der Waals surface area contributed by atoms with Gasteiger partial charge in [-0.2, -0.15) is 4.31 Å². The van der Waals surface area contributed by atoms with Gasteiger partial charge < -0.3 is 5.73 Å². The third-order valence-electron chi connectivity index (χ3n) is 4.90. The summed E-state index contributed by atoms with van der Waals surface area (Å²) in [6, 6.07) is 2.00. The Morgan fingerprint density at radius 3 is 2.71 bits per heavy atom. The van der Waals surface area contributed by atoms with Crippen LogP contribution in [0.5, 0.6) is 0 Å². The first-order valence-electron chi connectivity index (χ1n) is 7.85. The summed E-state index contributed by atoms with van der Waals surface area (Å²) in [5.41, 5.74) is 5.66. The predicted octanol–water partition coefficient (Wildman–Crippen LogP) is 2.86. The van der Waals surface area contributed by atoms with Gasteiger partial charge >= 0.3 is 0 Å². The number of piperidine rings is 1. The molecule has 1 aliphatic carbocycles. The Morgan fingerprint density at radius 2 is 2.00 bits per heavy atom. The topological polar surface area (TPSA) is 63.4 Å². The average Bonchev–Trinajstić information content (AvgIpc) is 2.88. The van der Waals surface area contributed by atoms with E-state index in [1.165, 1.54) is 30.6 Å².